The molecule has 16 heavy (non-hydrogen) atoms. The average Bonchev–Trinajstić information content (AvgIpc) is 2.68. The summed E-state index contributed by atoms with van der Waals surface area (Å²) < 4.78 is 11.3. The average molecular weight is 227 g/mol. The van der Waals surface area contributed by atoms with Crippen molar-refractivity contribution in [1.29, 1.82) is 0 Å². The zero-order valence-corrected chi connectivity index (χ0v) is 10.2. The third-order valence-corrected chi connectivity index (χ3v) is 3.64. The summed E-state index contributed by atoms with van der Waals surface area (Å²) in [5.74, 6) is 0. The van der Waals surface area contributed by atoms with Gasteiger partial charge in [0.1, 0.15) is 0 Å². The molecule has 1 unspecified atom stereocenters. The molecular weight excluding hydrogens is 202 g/mol. The molecular formula is C13H25NO2. The standard InChI is InChI=1S/C13H25NO2/c1-2-6-13(5-1)16-11-8-14-12-4-3-9-15-10-7-12/h12-14H,1-11H2. The first kappa shape index (κ1) is 12.3. The summed E-state index contributed by atoms with van der Waals surface area (Å²) in [6.45, 7) is 3.74. The number of rotatable bonds is 5. The van der Waals surface area contributed by atoms with Gasteiger partial charge in [-0.1, -0.05) is 12.8 Å². The van der Waals surface area contributed by atoms with Gasteiger partial charge in [0.2, 0.25) is 0 Å². The van der Waals surface area contributed by atoms with Crippen molar-refractivity contribution in [3.8, 4) is 0 Å². The van der Waals surface area contributed by atoms with Gasteiger partial charge < -0.3 is 14.8 Å². The highest BCUT2D eigenvalue weighted by Gasteiger charge is 2.15. The number of nitrogens with one attached hydrogen (secondary N) is 1. The van der Waals surface area contributed by atoms with E-state index >= 15 is 0 Å². The molecule has 2 fully saturated rings. The molecule has 1 atom stereocenters. The molecule has 0 aromatic carbocycles. The molecule has 0 aromatic rings. The van der Waals surface area contributed by atoms with Crippen molar-refractivity contribution in [3.63, 3.8) is 0 Å². The smallest absolute Gasteiger partial charge is 0.0594 e. The third-order valence-electron chi connectivity index (χ3n) is 3.64. The van der Waals surface area contributed by atoms with E-state index in [0.717, 1.165) is 32.8 Å². The Bertz CT molecular complexity index is 173. The predicted octanol–water partition coefficient (Wildman–Crippen LogP) is 2.10. The van der Waals surface area contributed by atoms with Crippen molar-refractivity contribution in [1.82, 2.24) is 5.32 Å². The van der Waals surface area contributed by atoms with Crippen LogP contribution in [0.4, 0.5) is 0 Å². The van der Waals surface area contributed by atoms with Crippen molar-refractivity contribution in [2.45, 2.75) is 57.1 Å². The van der Waals surface area contributed by atoms with Crippen molar-refractivity contribution in [2.75, 3.05) is 26.4 Å². The molecule has 0 radical (unpaired) electrons. The Morgan fingerprint density at radius 1 is 1.00 bits per heavy atom. The molecule has 0 spiro atoms. The molecule has 2 rings (SSSR count). The van der Waals surface area contributed by atoms with Crippen LogP contribution >= 0.6 is 0 Å². The minimum Gasteiger partial charge on any atom is -0.381 e. The van der Waals surface area contributed by atoms with Gasteiger partial charge in [0.15, 0.2) is 0 Å². The maximum Gasteiger partial charge on any atom is 0.0594 e. The summed E-state index contributed by atoms with van der Waals surface area (Å²) in [4.78, 5) is 0. The van der Waals surface area contributed by atoms with Crippen molar-refractivity contribution >= 4 is 0 Å². The Labute approximate surface area is 98.9 Å². The fourth-order valence-electron chi connectivity index (χ4n) is 2.65. The van der Waals surface area contributed by atoms with Crippen LogP contribution in [0.5, 0.6) is 0 Å². The van der Waals surface area contributed by atoms with Crippen molar-refractivity contribution in [2.24, 2.45) is 0 Å². The van der Waals surface area contributed by atoms with Crippen LogP contribution in [0.3, 0.4) is 0 Å². The maximum absolute atomic E-state index is 5.83. The molecule has 1 saturated heterocycles. The van der Waals surface area contributed by atoms with Gasteiger partial charge in [-0.3, -0.25) is 0 Å². The molecule has 0 bridgehead atoms. The normalized spacial score (nSPS) is 28.1. The van der Waals surface area contributed by atoms with Gasteiger partial charge in [-0.15, -0.1) is 0 Å². The zero-order chi connectivity index (χ0) is 11.1. The fourth-order valence-corrected chi connectivity index (χ4v) is 2.65. The largest absolute Gasteiger partial charge is 0.381 e. The van der Waals surface area contributed by atoms with Crippen molar-refractivity contribution in [3.05, 3.63) is 0 Å². The van der Waals surface area contributed by atoms with Crippen LogP contribution < -0.4 is 5.32 Å². The highest BCUT2D eigenvalue weighted by atomic mass is 16.5. The fraction of sp³-hybridized carbons (Fsp3) is 1.00. The van der Waals surface area contributed by atoms with E-state index < -0.39 is 0 Å². The Morgan fingerprint density at radius 2 is 1.88 bits per heavy atom. The van der Waals surface area contributed by atoms with E-state index in [1.807, 2.05) is 0 Å². The zero-order valence-electron chi connectivity index (χ0n) is 10.2. The SMILES string of the molecule is C1COCCC(NCCOC2CCCC2)C1. The van der Waals surface area contributed by atoms with E-state index in [-0.39, 0.29) is 0 Å². The molecule has 1 aliphatic heterocycles. The Morgan fingerprint density at radius 3 is 2.75 bits per heavy atom. The van der Waals surface area contributed by atoms with Crippen LogP contribution in [0.25, 0.3) is 0 Å². The molecule has 1 saturated carbocycles. The van der Waals surface area contributed by atoms with E-state index in [4.69, 9.17) is 9.47 Å². The molecule has 1 heterocycles. The first-order chi connectivity index (χ1) is 7.95. The molecule has 0 aromatic heterocycles. The second kappa shape index (κ2) is 7.25. The molecule has 2 aliphatic rings. The summed E-state index contributed by atoms with van der Waals surface area (Å²) in [5.41, 5.74) is 0. The minimum absolute atomic E-state index is 0.555. The van der Waals surface area contributed by atoms with Crippen LogP contribution in [0, 0.1) is 0 Å². The molecule has 1 N–H and O–H groups in total. The summed E-state index contributed by atoms with van der Waals surface area (Å²) in [7, 11) is 0. The van der Waals surface area contributed by atoms with Crippen LogP contribution in [-0.2, 0) is 9.47 Å². The molecule has 94 valence electrons. The number of ether oxygens (including phenoxy) is 2. The highest BCUT2D eigenvalue weighted by molar-refractivity contribution is 4.70. The number of hydrogen-bond acceptors (Lipinski definition) is 3. The van der Waals surface area contributed by atoms with Gasteiger partial charge in [-0.25, -0.2) is 0 Å². The van der Waals surface area contributed by atoms with Crippen LogP contribution in [0.2, 0.25) is 0 Å². The second-order valence-corrected chi connectivity index (χ2v) is 4.97. The molecule has 3 nitrogen and oxygen atoms in total. The maximum atomic E-state index is 5.83. The van der Waals surface area contributed by atoms with E-state index in [1.165, 1.54) is 38.5 Å². The van der Waals surface area contributed by atoms with Gasteiger partial charge in [0.25, 0.3) is 0 Å². The third kappa shape index (κ3) is 4.40. The minimum atomic E-state index is 0.555. The Balaban J connectivity index is 1.49. The Hall–Kier alpha value is -0.120. The van der Waals surface area contributed by atoms with Crippen LogP contribution in [0.1, 0.15) is 44.9 Å². The van der Waals surface area contributed by atoms with E-state index in [9.17, 15) is 0 Å². The highest BCUT2D eigenvalue weighted by Crippen LogP contribution is 2.20. The lowest BCUT2D eigenvalue weighted by molar-refractivity contribution is 0.0587. The monoisotopic (exact) mass is 227 g/mol. The predicted molar refractivity (Wildman–Crippen MR) is 64.7 cm³/mol. The first-order valence-electron chi connectivity index (χ1n) is 6.88. The topological polar surface area (TPSA) is 30.5 Å². The molecule has 0 amide bonds. The summed E-state index contributed by atoms with van der Waals surface area (Å²) in [6.07, 6.45) is 9.43. The summed E-state index contributed by atoms with van der Waals surface area (Å²) in [6, 6.07) is 0.648. The van der Waals surface area contributed by atoms with Crippen LogP contribution in [0.15, 0.2) is 0 Å². The number of hydrogen-bond donors (Lipinski definition) is 1. The molecule has 3 heteroatoms. The van der Waals surface area contributed by atoms with E-state index in [0.29, 0.717) is 12.1 Å². The summed E-state index contributed by atoms with van der Waals surface area (Å²) in [5, 5.41) is 3.58. The Kier molecular flexibility index (Phi) is 5.59. The van der Waals surface area contributed by atoms with Gasteiger partial charge in [-0.2, -0.15) is 0 Å². The van der Waals surface area contributed by atoms with Crippen molar-refractivity contribution < 1.29 is 9.47 Å². The summed E-state index contributed by atoms with van der Waals surface area (Å²) >= 11 is 0. The van der Waals surface area contributed by atoms with Gasteiger partial charge in [0, 0.05) is 25.8 Å². The molecule has 1 aliphatic carbocycles. The van der Waals surface area contributed by atoms with Crippen LogP contribution in [-0.4, -0.2) is 38.5 Å². The lowest BCUT2D eigenvalue weighted by Gasteiger charge is -2.17. The van der Waals surface area contributed by atoms with Gasteiger partial charge in [-0.05, 0) is 32.1 Å². The van der Waals surface area contributed by atoms with Gasteiger partial charge in [0.05, 0.1) is 12.7 Å². The quantitative estimate of drug-likeness (QED) is 0.730. The second-order valence-electron chi connectivity index (χ2n) is 4.97. The lowest BCUT2D eigenvalue weighted by atomic mass is 10.1. The van der Waals surface area contributed by atoms with E-state index in [1.54, 1.807) is 0 Å². The van der Waals surface area contributed by atoms with Gasteiger partial charge >= 0.3 is 0 Å². The first-order valence-corrected chi connectivity index (χ1v) is 6.88. The van der Waals surface area contributed by atoms with E-state index in [2.05, 4.69) is 5.32 Å². The lowest BCUT2D eigenvalue weighted by Crippen LogP contribution is -2.32.